The van der Waals surface area contributed by atoms with Gasteiger partial charge in [-0.15, -0.1) is 0 Å². The molecule has 1 heteroatoms. The smallest absolute Gasteiger partial charge is 0.0564 e. The summed E-state index contributed by atoms with van der Waals surface area (Å²) in [6, 6.07) is 0. The van der Waals surface area contributed by atoms with Crippen LogP contribution >= 0.6 is 0 Å². The molecule has 0 bridgehead atoms. The average molecular weight is 75.1 g/mol. The quantitative estimate of drug-likeness (QED) is 0.514. The number of rotatable bonds is 2. The van der Waals surface area contributed by atoms with E-state index in [9.17, 15) is 0 Å². The van der Waals surface area contributed by atoms with Crippen molar-refractivity contribution in [1.82, 2.24) is 0 Å². The van der Waals surface area contributed by atoms with Crippen molar-refractivity contribution in [2.24, 2.45) is 0 Å². The van der Waals surface area contributed by atoms with Crippen molar-refractivity contribution in [1.29, 1.82) is 0 Å². The van der Waals surface area contributed by atoms with Crippen LogP contribution in [0.15, 0.2) is 0 Å². The first kappa shape index (κ1) is 3.16. The first-order valence-electron chi connectivity index (χ1n) is 2.45. The molecule has 0 aromatic heterocycles. The molecule has 0 fully saturated rings. The summed E-state index contributed by atoms with van der Waals surface area (Å²) < 4.78 is 6.53. The van der Waals surface area contributed by atoms with Gasteiger partial charge in [0.25, 0.3) is 0 Å². The highest BCUT2D eigenvalue weighted by atomic mass is 16.2. The first-order chi connectivity index (χ1) is 2.77. The van der Waals surface area contributed by atoms with Crippen molar-refractivity contribution in [3.63, 3.8) is 0 Å². The summed E-state index contributed by atoms with van der Waals surface area (Å²) in [6.07, 6.45) is 1.49. The molecule has 0 rings (SSSR count). The van der Waals surface area contributed by atoms with Gasteiger partial charge in [0.2, 0.25) is 0 Å². The van der Waals surface area contributed by atoms with Gasteiger partial charge in [-0.3, -0.25) is 0 Å². The second kappa shape index (κ2) is 3.96. The van der Waals surface area contributed by atoms with Crippen LogP contribution in [0.2, 0.25) is 0 Å². The second-order valence-electron chi connectivity index (χ2n) is 0.971. The van der Waals surface area contributed by atoms with Crippen LogP contribution in [0.3, 0.4) is 0 Å². The van der Waals surface area contributed by atoms with Crippen LogP contribution in [-0.2, 0) is 0 Å². The Hall–Kier alpha value is -0.0400. The lowest BCUT2D eigenvalue weighted by molar-refractivity contribution is 0.287. The molecule has 0 spiro atoms. The molecule has 0 heterocycles. The minimum absolute atomic E-state index is 0.597. The molecule has 1 atom stereocenters. The van der Waals surface area contributed by atoms with E-state index < -0.39 is 6.58 Å². The molecule has 0 aliphatic rings. The van der Waals surface area contributed by atoms with E-state index in [0.717, 1.165) is 6.42 Å². The maximum absolute atomic E-state index is 8.22. The van der Waals surface area contributed by atoms with Crippen LogP contribution in [0.4, 0.5) is 0 Å². The fourth-order valence-electron chi connectivity index (χ4n) is 0.129. The fraction of sp³-hybridized carbons (Fsp3) is 1.00. The van der Waals surface area contributed by atoms with Gasteiger partial charge >= 0.3 is 0 Å². The molecule has 5 heavy (non-hydrogen) atoms. The van der Waals surface area contributed by atoms with E-state index in [0.29, 0.717) is 6.42 Å². The molecule has 1 unspecified atom stereocenters. The van der Waals surface area contributed by atoms with Gasteiger partial charge in [-0.2, -0.15) is 0 Å². The standard InChI is InChI=1S/C4H10O/c1-2-3-4-5/h5H,2-4H2,1H3/i4D. The largest absolute Gasteiger partial charge is 0.396 e. The highest BCUT2D eigenvalue weighted by Crippen LogP contribution is 1.78. The zero-order valence-corrected chi connectivity index (χ0v) is 3.44. The molecule has 0 amide bonds. The van der Waals surface area contributed by atoms with Crippen molar-refractivity contribution in [2.45, 2.75) is 19.8 Å². The molecule has 0 aromatic rings. The predicted molar refractivity (Wildman–Crippen MR) is 22.0 cm³/mol. The monoisotopic (exact) mass is 75.1 g/mol. The zero-order chi connectivity index (χ0) is 4.99. The maximum atomic E-state index is 8.22. The summed E-state index contributed by atoms with van der Waals surface area (Å²) in [5.41, 5.74) is 0. The number of aliphatic hydroxyl groups excluding tert-OH is 1. The second-order valence-corrected chi connectivity index (χ2v) is 0.971. The van der Waals surface area contributed by atoms with E-state index in [1.54, 1.807) is 0 Å². The fourth-order valence-corrected chi connectivity index (χ4v) is 0.129. The highest BCUT2D eigenvalue weighted by molar-refractivity contribution is 4.23. The maximum Gasteiger partial charge on any atom is 0.0564 e. The van der Waals surface area contributed by atoms with Crippen molar-refractivity contribution >= 4 is 0 Å². The number of aliphatic hydroxyl groups is 1. The lowest BCUT2D eigenvalue weighted by Crippen LogP contribution is -1.75. The minimum atomic E-state index is -0.852. The number of hydrogen-bond acceptors (Lipinski definition) is 1. The van der Waals surface area contributed by atoms with Gasteiger partial charge in [0, 0.05) is 6.58 Å². The van der Waals surface area contributed by atoms with Gasteiger partial charge in [0.15, 0.2) is 0 Å². The van der Waals surface area contributed by atoms with E-state index in [4.69, 9.17) is 6.48 Å². The van der Waals surface area contributed by atoms with Gasteiger partial charge in [-0.1, -0.05) is 13.3 Å². The molecule has 0 aromatic carbocycles. The van der Waals surface area contributed by atoms with Crippen LogP contribution in [0.1, 0.15) is 21.1 Å². The molecule has 0 aliphatic carbocycles. The molecule has 0 radical (unpaired) electrons. The van der Waals surface area contributed by atoms with Crippen LogP contribution in [0, 0.1) is 0 Å². The zero-order valence-electron chi connectivity index (χ0n) is 4.44. The molecular formula is C4H10O. The van der Waals surface area contributed by atoms with Crippen molar-refractivity contribution in [3.05, 3.63) is 0 Å². The summed E-state index contributed by atoms with van der Waals surface area (Å²) in [5.74, 6) is 0. The summed E-state index contributed by atoms with van der Waals surface area (Å²) >= 11 is 0. The van der Waals surface area contributed by atoms with Gasteiger partial charge in [0.1, 0.15) is 0 Å². The van der Waals surface area contributed by atoms with Crippen molar-refractivity contribution in [3.8, 4) is 0 Å². The summed E-state index contributed by atoms with van der Waals surface area (Å²) in [5, 5.41) is 8.22. The lowest BCUT2D eigenvalue weighted by atomic mass is 10.4. The minimum Gasteiger partial charge on any atom is -0.396 e. The Morgan fingerprint density at radius 3 is 2.60 bits per heavy atom. The Bertz CT molecular complexity index is 28.7. The van der Waals surface area contributed by atoms with E-state index in [1.165, 1.54) is 0 Å². The van der Waals surface area contributed by atoms with Gasteiger partial charge in [-0.05, 0) is 6.42 Å². The predicted octanol–water partition coefficient (Wildman–Crippen LogP) is 0.779. The molecule has 0 saturated carbocycles. The highest BCUT2D eigenvalue weighted by Gasteiger charge is 1.69. The Balaban J connectivity index is 2.63. The molecule has 0 aliphatic heterocycles. The third kappa shape index (κ3) is 3.96. The third-order valence-corrected chi connectivity index (χ3v) is 0.418. The molecule has 0 saturated heterocycles. The Kier molecular flexibility index (Phi) is 2.50. The molecule has 32 valence electrons. The Labute approximate surface area is 34.0 Å². The summed E-state index contributed by atoms with van der Waals surface area (Å²) in [7, 11) is 0. The third-order valence-electron chi connectivity index (χ3n) is 0.418. The van der Waals surface area contributed by atoms with E-state index in [1.807, 2.05) is 6.92 Å². The van der Waals surface area contributed by atoms with Gasteiger partial charge in [0.05, 0.1) is 1.37 Å². The van der Waals surface area contributed by atoms with Gasteiger partial charge < -0.3 is 5.11 Å². The van der Waals surface area contributed by atoms with Crippen LogP contribution in [0.25, 0.3) is 0 Å². The topological polar surface area (TPSA) is 20.2 Å². The molecule has 1 nitrogen and oxygen atoms in total. The average Bonchev–Trinajstić information content (AvgIpc) is 1.35. The van der Waals surface area contributed by atoms with Gasteiger partial charge in [-0.25, -0.2) is 0 Å². The van der Waals surface area contributed by atoms with Crippen LogP contribution in [-0.4, -0.2) is 11.7 Å². The van der Waals surface area contributed by atoms with E-state index >= 15 is 0 Å². The molecular weight excluding hydrogens is 64.0 g/mol. The van der Waals surface area contributed by atoms with Crippen LogP contribution in [0.5, 0.6) is 0 Å². The Morgan fingerprint density at radius 1 is 2.00 bits per heavy atom. The van der Waals surface area contributed by atoms with E-state index in [-0.39, 0.29) is 0 Å². The first-order valence-corrected chi connectivity index (χ1v) is 1.87. The SMILES string of the molecule is [2H]C(O)CCC. The normalized spacial score (nSPS) is 17.6. The summed E-state index contributed by atoms with van der Waals surface area (Å²) in [6.45, 7) is 1.09. The summed E-state index contributed by atoms with van der Waals surface area (Å²) in [4.78, 5) is 0. The number of hydrogen-bond donors (Lipinski definition) is 1. The van der Waals surface area contributed by atoms with Crippen LogP contribution < -0.4 is 0 Å². The Morgan fingerprint density at radius 2 is 2.60 bits per heavy atom. The van der Waals surface area contributed by atoms with E-state index in [2.05, 4.69) is 0 Å². The molecule has 1 N–H and O–H groups in total. The van der Waals surface area contributed by atoms with Crippen molar-refractivity contribution < 1.29 is 6.48 Å². The lowest BCUT2D eigenvalue weighted by Gasteiger charge is -1.79. The van der Waals surface area contributed by atoms with Crippen molar-refractivity contribution in [2.75, 3.05) is 6.58 Å².